The van der Waals surface area contributed by atoms with Crippen molar-refractivity contribution in [2.24, 2.45) is 5.92 Å². The third-order valence-corrected chi connectivity index (χ3v) is 5.06. The Morgan fingerprint density at radius 1 is 1.00 bits per heavy atom. The number of anilines is 1. The molecule has 0 aliphatic carbocycles. The molecule has 4 nitrogen and oxygen atoms in total. The van der Waals surface area contributed by atoms with Crippen molar-refractivity contribution >= 4 is 11.7 Å². The van der Waals surface area contributed by atoms with Crippen LogP contribution in [0.5, 0.6) is 0 Å². The molecule has 2 unspecified atom stereocenters. The summed E-state index contributed by atoms with van der Waals surface area (Å²) >= 11 is 0. The van der Waals surface area contributed by atoms with E-state index in [1.807, 2.05) is 42.5 Å². The van der Waals surface area contributed by atoms with Gasteiger partial charge in [0.1, 0.15) is 11.7 Å². The van der Waals surface area contributed by atoms with Crippen LogP contribution in [0.1, 0.15) is 18.5 Å². The summed E-state index contributed by atoms with van der Waals surface area (Å²) < 4.78 is 18.6. The maximum Gasteiger partial charge on any atom is 0.313 e. The van der Waals surface area contributed by atoms with Crippen LogP contribution in [-0.4, -0.2) is 19.2 Å². The van der Waals surface area contributed by atoms with Crippen molar-refractivity contribution in [3.63, 3.8) is 0 Å². The van der Waals surface area contributed by atoms with Crippen LogP contribution >= 0.6 is 0 Å². The van der Waals surface area contributed by atoms with Crippen LogP contribution in [0.25, 0.3) is 11.1 Å². The lowest BCUT2D eigenvalue weighted by atomic mass is 9.92. The molecule has 0 radical (unpaired) electrons. The summed E-state index contributed by atoms with van der Waals surface area (Å²) in [5, 5.41) is 1.68. The normalized spacial score (nSPS) is 18.6. The van der Waals surface area contributed by atoms with Crippen LogP contribution in [0.4, 0.5) is 10.1 Å². The second kappa shape index (κ2) is 8.45. The number of benzene rings is 3. The van der Waals surface area contributed by atoms with Gasteiger partial charge in [-0.2, -0.15) is 0 Å². The standard InChI is InChI=1S/C24H22FNO3/c1-2-28-24(27)22-16-29-26(21-14-12-20(25)13-15-21)23(22)19-10-8-18(9-11-19)17-6-4-3-5-7-17/h3-15,22-23H,2,16H2,1H3. The topological polar surface area (TPSA) is 38.8 Å². The zero-order valence-electron chi connectivity index (χ0n) is 16.1. The SMILES string of the molecule is CCOC(=O)C1CON(c2ccc(F)cc2)C1c1ccc(-c2ccccc2)cc1. The van der Waals surface area contributed by atoms with Crippen LogP contribution in [0, 0.1) is 11.7 Å². The number of ether oxygens (including phenoxy) is 1. The second-order valence-electron chi connectivity index (χ2n) is 6.89. The third kappa shape index (κ3) is 4.00. The summed E-state index contributed by atoms with van der Waals surface area (Å²) in [7, 11) is 0. The monoisotopic (exact) mass is 391 g/mol. The average molecular weight is 391 g/mol. The van der Waals surface area contributed by atoms with Crippen molar-refractivity contribution in [2.75, 3.05) is 18.3 Å². The molecule has 29 heavy (non-hydrogen) atoms. The number of rotatable bonds is 5. The number of esters is 1. The highest BCUT2D eigenvalue weighted by molar-refractivity contribution is 5.75. The van der Waals surface area contributed by atoms with Crippen molar-refractivity contribution in [3.05, 3.63) is 90.2 Å². The molecule has 5 heteroatoms. The van der Waals surface area contributed by atoms with Gasteiger partial charge in [0.05, 0.1) is 24.9 Å². The fourth-order valence-electron chi connectivity index (χ4n) is 3.64. The van der Waals surface area contributed by atoms with E-state index in [1.165, 1.54) is 12.1 Å². The van der Waals surface area contributed by atoms with Crippen LogP contribution in [-0.2, 0) is 14.4 Å². The Labute approximate surface area is 169 Å². The Morgan fingerprint density at radius 2 is 1.66 bits per heavy atom. The highest BCUT2D eigenvalue weighted by Gasteiger charge is 2.42. The smallest absolute Gasteiger partial charge is 0.313 e. The van der Waals surface area contributed by atoms with Crippen molar-refractivity contribution in [2.45, 2.75) is 13.0 Å². The Balaban J connectivity index is 1.68. The molecule has 148 valence electrons. The van der Waals surface area contributed by atoms with Gasteiger partial charge in [0, 0.05) is 0 Å². The Hall–Kier alpha value is -3.18. The van der Waals surface area contributed by atoms with E-state index >= 15 is 0 Å². The zero-order chi connectivity index (χ0) is 20.2. The van der Waals surface area contributed by atoms with Crippen LogP contribution in [0.2, 0.25) is 0 Å². The van der Waals surface area contributed by atoms with E-state index in [-0.39, 0.29) is 24.4 Å². The predicted octanol–water partition coefficient (Wildman–Crippen LogP) is 5.16. The number of hydroxylamine groups is 1. The summed E-state index contributed by atoms with van der Waals surface area (Å²) in [6.45, 7) is 2.31. The number of nitrogens with zero attached hydrogens (tertiary/aromatic N) is 1. The van der Waals surface area contributed by atoms with Crippen molar-refractivity contribution < 1.29 is 18.8 Å². The van der Waals surface area contributed by atoms with Crippen molar-refractivity contribution in [3.8, 4) is 11.1 Å². The highest BCUT2D eigenvalue weighted by Crippen LogP contribution is 2.40. The zero-order valence-corrected chi connectivity index (χ0v) is 16.1. The van der Waals surface area contributed by atoms with Gasteiger partial charge in [-0.1, -0.05) is 54.6 Å². The molecule has 1 aliphatic heterocycles. The van der Waals surface area contributed by atoms with Gasteiger partial charge in [0.2, 0.25) is 0 Å². The van der Waals surface area contributed by atoms with Gasteiger partial charge in [0.25, 0.3) is 0 Å². The molecule has 4 rings (SSSR count). The van der Waals surface area contributed by atoms with E-state index in [0.29, 0.717) is 12.3 Å². The lowest BCUT2D eigenvalue weighted by molar-refractivity contribution is -0.148. The molecule has 1 fully saturated rings. The summed E-state index contributed by atoms with van der Waals surface area (Å²) in [6.07, 6.45) is 0. The van der Waals surface area contributed by atoms with Gasteiger partial charge in [-0.15, -0.1) is 0 Å². The molecule has 0 amide bonds. The van der Waals surface area contributed by atoms with Gasteiger partial charge in [-0.05, 0) is 47.9 Å². The second-order valence-corrected chi connectivity index (χ2v) is 6.89. The minimum absolute atomic E-state index is 0.210. The number of hydrogen-bond acceptors (Lipinski definition) is 4. The number of hydrogen-bond donors (Lipinski definition) is 0. The quantitative estimate of drug-likeness (QED) is 0.563. The van der Waals surface area contributed by atoms with Crippen molar-refractivity contribution in [1.82, 2.24) is 0 Å². The number of carbonyl (C=O) groups is 1. The van der Waals surface area contributed by atoms with Gasteiger partial charge in [-0.25, -0.2) is 9.45 Å². The minimum atomic E-state index is -0.470. The molecule has 2 atom stereocenters. The maximum atomic E-state index is 13.4. The first kappa shape index (κ1) is 19.2. The third-order valence-electron chi connectivity index (χ3n) is 5.06. The fourth-order valence-corrected chi connectivity index (χ4v) is 3.64. The molecule has 0 spiro atoms. The van der Waals surface area contributed by atoms with Crippen molar-refractivity contribution in [1.29, 1.82) is 0 Å². The molecule has 0 aromatic heterocycles. The first-order valence-corrected chi connectivity index (χ1v) is 9.67. The van der Waals surface area contributed by atoms with Gasteiger partial charge in [0.15, 0.2) is 0 Å². The van der Waals surface area contributed by atoms with Crippen LogP contribution in [0.15, 0.2) is 78.9 Å². The van der Waals surface area contributed by atoms with Gasteiger partial charge in [-0.3, -0.25) is 9.63 Å². The molecule has 1 heterocycles. The predicted molar refractivity (Wildman–Crippen MR) is 110 cm³/mol. The minimum Gasteiger partial charge on any atom is -0.466 e. The average Bonchev–Trinajstić information content (AvgIpc) is 3.20. The number of carbonyl (C=O) groups excluding carboxylic acids is 1. The molecule has 0 saturated carbocycles. The van der Waals surface area contributed by atoms with E-state index in [4.69, 9.17) is 9.57 Å². The lowest BCUT2D eigenvalue weighted by Gasteiger charge is -2.27. The summed E-state index contributed by atoms with van der Waals surface area (Å²) in [4.78, 5) is 18.4. The van der Waals surface area contributed by atoms with Gasteiger partial charge < -0.3 is 4.74 Å². The molecule has 0 N–H and O–H groups in total. The summed E-state index contributed by atoms with van der Waals surface area (Å²) in [5.41, 5.74) is 3.84. The van der Waals surface area contributed by atoms with E-state index in [1.54, 1.807) is 24.1 Å². The molecule has 1 aliphatic rings. The summed E-state index contributed by atoms with van der Waals surface area (Å²) in [5.74, 6) is -1.09. The fraction of sp³-hybridized carbons (Fsp3) is 0.208. The molecule has 0 bridgehead atoms. The van der Waals surface area contributed by atoms with Crippen LogP contribution in [0.3, 0.4) is 0 Å². The molecular formula is C24H22FNO3. The molecule has 3 aromatic rings. The van der Waals surface area contributed by atoms with Gasteiger partial charge >= 0.3 is 5.97 Å². The number of halogens is 1. The lowest BCUT2D eigenvalue weighted by Crippen LogP contribution is -2.29. The molecular weight excluding hydrogens is 369 g/mol. The molecule has 1 saturated heterocycles. The van der Waals surface area contributed by atoms with E-state index < -0.39 is 5.92 Å². The molecule has 3 aromatic carbocycles. The highest BCUT2D eigenvalue weighted by atomic mass is 19.1. The van der Waals surface area contributed by atoms with E-state index in [0.717, 1.165) is 16.7 Å². The first-order valence-electron chi connectivity index (χ1n) is 9.67. The first-order chi connectivity index (χ1) is 14.2. The summed E-state index contributed by atoms with van der Waals surface area (Å²) in [6, 6.07) is 23.9. The largest absolute Gasteiger partial charge is 0.466 e. The van der Waals surface area contributed by atoms with E-state index in [9.17, 15) is 9.18 Å². The Kier molecular flexibility index (Phi) is 5.58. The Bertz CT molecular complexity index is 958. The van der Waals surface area contributed by atoms with E-state index in [2.05, 4.69) is 12.1 Å². The maximum absolute atomic E-state index is 13.4. The van der Waals surface area contributed by atoms with Crippen LogP contribution < -0.4 is 5.06 Å². The Morgan fingerprint density at radius 3 is 2.31 bits per heavy atom.